The van der Waals surface area contributed by atoms with Crippen LogP contribution in [0.15, 0.2) is 17.3 Å². The van der Waals surface area contributed by atoms with Crippen molar-refractivity contribution in [1.29, 1.82) is 0 Å². The van der Waals surface area contributed by atoms with Gasteiger partial charge in [-0.2, -0.15) is 5.10 Å². The van der Waals surface area contributed by atoms with Gasteiger partial charge >= 0.3 is 0 Å². The Morgan fingerprint density at radius 2 is 2.09 bits per heavy atom. The van der Waals surface area contributed by atoms with Crippen molar-refractivity contribution < 1.29 is 4.74 Å². The van der Waals surface area contributed by atoms with E-state index >= 15 is 0 Å². The lowest BCUT2D eigenvalue weighted by molar-refractivity contribution is 0.0468. The van der Waals surface area contributed by atoms with Crippen LogP contribution < -0.4 is 10.6 Å². The van der Waals surface area contributed by atoms with Gasteiger partial charge in [0.05, 0.1) is 24.9 Å². The molecule has 6 nitrogen and oxygen atoms in total. The van der Waals surface area contributed by atoms with E-state index in [0.29, 0.717) is 12.6 Å². The average molecular weight is 421 g/mol. The van der Waals surface area contributed by atoms with Crippen LogP contribution in [0.25, 0.3) is 0 Å². The van der Waals surface area contributed by atoms with Crippen molar-refractivity contribution in [3.05, 3.63) is 18.0 Å². The number of aliphatic imine (C=N–C) groups is 1. The monoisotopic (exact) mass is 421 g/mol. The maximum absolute atomic E-state index is 5.95. The van der Waals surface area contributed by atoms with Crippen LogP contribution in [-0.2, 0) is 11.3 Å². The second kappa shape index (κ2) is 11.7. The molecule has 7 heteroatoms. The Morgan fingerprint density at radius 3 is 2.73 bits per heavy atom. The van der Waals surface area contributed by atoms with E-state index in [2.05, 4.69) is 25.8 Å². The number of H-pyrrole nitrogens is 1. The second-order valence-corrected chi connectivity index (χ2v) is 5.42. The first-order valence-electron chi connectivity index (χ1n) is 7.93. The Labute approximate surface area is 149 Å². The molecule has 1 saturated carbocycles. The number of ether oxygens (including phenoxy) is 1. The van der Waals surface area contributed by atoms with Crippen molar-refractivity contribution in [3.8, 4) is 0 Å². The lowest BCUT2D eigenvalue weighted by atomic mass is 10.1. The number of aromatic nitrogens is 2. The summed E-state index contributed by atoms with van der Waals surface area (Å²) in [6.07, 6.45) is 9.98. The summed E-state index contributed by atoms with van der Waals surface area (Å²) in [7, 11) is 1.77. The zero-order chi connectivity index (χ0) is 14.8. The van der Waals surface area contributed by atoms with Crippen molar-refractivity contribution in [2.24, 2.45) is 4.99 Å². The van der Waals surface area contributed by atoms with Gasteiger partial charge in [-0.3, -0.25) is 10.1 Å². The highest BCUT2D eigenvalue weighted by atomic mass is 127. The zero-order valence-electron chi connectivity index (χ0n) is 13.3. The van der Waals surface area contributed by atoms with E-state index in [1.165, 1.54) is 38.5 Å². The highest BCUT2D eigenvalue weighted by molar-refractivity contribution is 14.0. The number of rotatable bonds is 6. The largest absolute Gasteiger partial charge is 0.376 e. The molecule has 0 aromatic carbocycles. The quantitative estimate of drug-likeness (QED) is 0.217. The van der Waals surface area contributed by atoms with Crippen LogP contribution in [0.5, 0.6) is 0 Å². The lowest BCUT2D eigenvalue weighted by Gasteiger charge is -2.16. The third kappa shape index (κ3) is 7.44. The van der Waals surface area contributed by atoms with Gasteiger partial charge in [-0.25, -0.2) is 0 Å². The van der Waals surface area contributed by atoms with Crippen molar-refractivity contribution in [3.63, 3.8) is 0 Å². The number of nitrogens with zero attached hydrogens (tertiary/aromatic N) is 2. The summed E-state index contributed by atoms with van der Waals surface area (Å²) in [5.41, 5.74) is 1.03. The number of hydrogen-bond donors (Lipinski definition) is 3. The summed E-state index contributed by atoms with van der Waals surface area (Å²) in [6.45, 7) is 2.19. The van der Waals surface area contributed by atoms with Crippen LogP contribution in [0.1, 0.15) is 44.2 Å². The van der Waals surface area contributed by atoms with Gasteiger partial charge in [0.15, 0.2) is 5.96 Å². The van der Waals surface area contributed by atoms with E-state index < -0.39 is 0 Å². The molecule has 2 rings (SSSR count). The van der Waals surface area contributed by atoms with Gasteiger partial charge in [-0.1, -0.05) is 25.7 Å². The van der Waals surface area contributed by atoms with Crippen LogP contribution in [0.3, 0.4) is 0 Å². The van der Waals surface area contributed by atoms with Crippen molar-refractivity contribution in [1.82, 2.24) is 20.8 Å². The summed E-state index contributed by atoms with van der Waals surface area (Å²) in [4.78, 5) is 4.19. The van der Waals surface area contributed by atoms with Crippen molar-refractivity contribution in [2.75, 3.05) is 20.2 Å². The fraction of sp³-hybridized carbons (Fsp3) is 0.733. The van der Waals surface area contributed by atoms with Crippen molar-refractivity contribution >= 4 is 29.9 Å². The molecule has 1 aromatic rings. The molecule has 22 heavy (non-hydrogen) atoms. The van der Waals surface area contributed by atoms with Gasteiger partial charge < -0.3 is 15.4 Å². The summed E-state index contributed by atoms with van der Waals surface area (Å²) in [5.74, 6) is 0.786. The van der Waals surface area contributed by atoms with E-state index in [-0.39, 0.29) is 24.0 Å². The number of aromatic amines is 1. The smallest absolute Gasteiger partial charge is 0.191 e. The van der Waals surface area contributed by atoms with E-state index in [0.717, 1.165) is 24.8 Å². The molecule has 126 valence electrons. The molecule has 0 radical (unpaired) electrons. The number of guanidine groups is 1. The summed E-state index contributed by atoms with van der Waals surface area (Å²) in [6, 6.07) is 1.94. The minimum absolute atomic E-state index is 0. The molecule has 1 heterocycles. The predicted molar refractivity (Wildman–Crippen MR) is 99.6 cm³/mol. The fourth-order valence-corrected chi connectivity index (χ4v) is 2.59. The van der Waals surface area contributed by atoms with Crippen LogP contribution >= 0.6 is 24.0 Å². The minimum Gasteiger partial charge on any atom is -0.376 e. The molecule has 0 saturated heterocycles. The summed E-state index contributed by atoms with van der Waals surface area (Å²) < 4.78 is 5.95. The van der Waals surface area contributed by atoms with E-state index in [1.807, 2.05) is 6.07 Å². The van der Waals surface area contributed by atoms with Crippen LogP contribution in [0.4, 0.5) is 0 Å². The fourth-order valence-electron chi connectivity index (χ4n) is 2.59. The molecule has 3 N–H and O–H groups in total. The summed E-state index contributed by atoms with van der Waals surface area (Å²) in [5, 5.41) is 13.3. The van der Waals surface area contributed by atoms with E-state index in [9.17, 15) is 0 Å². The highest BCUT2D eigenvalue weighted by Crippen LogP contribution is 2.19. The molecule has 1 aliphatic rings. The molecular weight excluding hydrogens is 393 g/mol. The molecule has 1 fully saturated rings. The molecule has 0 atom stereocenters. The molecule has 0 amide bonds. The van der Waals surface area contributed by atoms with Crippen LogP contribution in [-0.4, -0.2) is 42.5 Å². The topological polar surface area (TPSA) is 74.3 Å². The molecule has 1 aliphatic carbocycles. The van der Waals surface area contributed by atoms with Gasteiger partial charge in [0, 0.05) is 19.8 Å². The predicted octanol–water partition coefficient (Wildman–Crippen LogP) is 2.43. The van der Waals surface area contributed by atoms with E-state index in [1.54, 1.807) is 13.2 Å². The Hall–Kier alpha value is -0.830. The Bertz CT molecular complexity index is 402. The molecule has 0 spiro atoms. The van der Waals surface area contributed by atoms with Crippen LogP contribution in [0.2, 0.25) is 0 Å². The van der Waals surface area contributed by atoms with Gasteiger partial charge in [-0.15, -0.1) is 24.0 Å². The van der Waals surface area contributed by atoms with Gasteiger partial charge in [0.2, 0.25) is 0 Å². The first kappa shape index (κ1) is 19.2. The van der Waals surface area contributed by atoms with Gasteiger partial charge in [0.25, 0.3) is 0 Å². The Morgan fingerprint density at radius 1 is 1.32 bits per heavy atom. The Balaban J connectivity index is 0.00000242. The molecular formula is C15H28IN5O. The Kier molecular flexibility index (Phi) is 10.2. The zero-order valence-corrected chi connectivity index (χ0v) is 15.6. The minimum atomic E-state index is 0. The number of halogens is 1. The van der Waals surface area contributed by atoms with E-state index in [4.69, 9.17) is 4.74 Å². The average Bonchev–Trinajstić information content (AvgIpc) is 2.89. The first-order chi connectivity index (χ1) is 10.4. The third-order valence-corrected chi connectivity index (χ3v) is 3.78. The molecule has 0 aliphatic heterocycles. The molecule has 0 unspecified atom stereocenters. The lowest BCUT2D eigenvalue weighted by Crippen LogP contribution is -2.39. The van der Waals surface area contributed by atoms with Gasteiger partial charge in [0.1, 0.15) is 0 Å². The molecule has 0 bridgehead atoms. The third-order valence-electron chi connectivity index (χ3n) is 3.78. The number of nitrogens with one attached hydrogen (secondary N) is 3. The maximum Gasteiger partial charge on any atom is 0.191 e. The van der Waals surface area contributed by atoms with Gasteiger partial charge in [-0.05, 0) is 18.9 Å². The SMILES string of the molecule is CN=C(NCCOC1CCCCCC1)NCc1ccn[nH]1.I. The first-order valence-corrected chi connectivity index (χ1v) is 7.93. The second-order valence-electron chi connectivity index (χ2n) is 5.42. The van der Waals surface area contributed by atoms with Crippen molar-refractivity contribution in [2.45, 2.75) is 51.2 Å². The highest BCUT2D eigenvalue weighted by Gasteiger charge is 2.12. The standard InChI is InChI=1S/C15H27N5O.HI/c1-16-15(18-12-13-8-9-19-20-13)17-10-11-21-14-6-4-2-3-5-7-14;/h8-9,14H,2-7,10-12H2,1H3,(H,19,20)(H2,16,17,18);1H. The number of hydrogen-bond acceptors (Lipinski definition) is 3. The maximum atomic E-state index is 5.95. The normalized spacial score (nSPS) is 16.7. The molecule has 1 aromatic heterocycles. The van der Waals surface area contributed by atoms with Crippen LogP contribution in [0, 0.1) is 0 Å². The summed E-state index contributed by atoms with van der Waals surface area (Å²) >= 11 is 0.